The Morgan fingerprint density at radius 2 is 0.455 bits per heavy atom. The highest BCUT2D eigenvalue weighted by molar-refractivity contribution is 5.90. The van der Waals surface area contributed by atoms with Crippen LogP contribution in [0.5, 0.6) is 34.5 Å². The van der Waals surface area contributed by atoms with Crippen LogP contribution in [0.15, 0.2) is 249 Å². The van der Waals surface area contributed by atoms with Crippen LogP contribution < -0.4 is 30.2 Å². The minimum Gasteiger partial charge on any atom is -0.457 e. The number of amides is 3. The summed E-state index contributed by atoms with van der Waals surface area (Å²) in [5.74, 6) is 3.48. The van der Waals surface area contributed by atoms with Crippen molar-refractivity contribution in [2.75, 3.05) is 16.0 Å². The fraction of sp³-hybridized carbons (Fsp3) is 0.0806. The highest BCUT2D eigenvalue weighted by Crippen LogP contribution is 2.42. The number of hydrogen-bond donors (Lipinski definition) is 3. The molecule has 0 aliphatic heterocycles. The molecular formula is C62H51N9O6. The molecule has 0 radical (unpaired) electrons. The second kappa shape index (κ2) is 24.1. The molecule has 77 heavy (non-hydrogen) atoms. The van der Waals surface area contributed by atoms with Gasteiger partial charge < -0.3 is 30.2 Å². The van der Waals surface area contributed by atoms with Gasteiger partial charge >= 0.3 is 0 Å². The van der Waals surface area contributed by atoms with Crippen molar-refractivity contribution in [1.82, 2.24) is 0 Å². The predicted octanol–water partition coefficient (Wildman–Crippen LogP) is 17.5. The summed E-state index contributed by atoms with van der Waals surface area (Å²) in [5.41, 5.74) is 8.43. The van der Waals surface area contributed by atoms with Crippen molar-refractivity contribution in [1.29, 1.82) is 0 Å². The van der Waals surface area contributed by atoms with Crippen LogP contribution >= 0.6 is 0 Å². The van der Waals surface area contributed by atoms with E-state index in [9.17, 15) is 14.4 Å². The molecule has 0 aromatic heterocycles. The van der Waals surface area contributed by atoms with E-state index in [4.69, 9.17) is 14.2 Å². The van der Waals surface area contributed by atoms with Crippen molar-refractivity contribution in [3.8, 4) is 34.5 Å². The van der Waals surface area contributed by atoms with Gasteiger partial charge in [-0.1, -0.05) is 36.4 Å². The molecule has 3 amide bonds. The molecule has 15 nitrogen and oxygen atoms in total. The third-order valence-corrected chi connectivity index (χ3v) is 11.9. The summed E-state index contributed by atoms with van der Waals surface area (Å²) in [4.78, 5) is 34.1. The summed E-state index contributed by atoms with van der Waals surface area (Å²) in [7, 11) is 0. The number of benzene rings is 9. The maximum absolute atomic E-state index is 11.4. The van der Waals surface area contributed by atoms with Crippen molar-refractivity contribution >= 4 is 68.9 Å². The first-order valence-corrected chi connectivity index (χ1v) is 24.4. The summed E-state index contributed by atoms with van der Waals surface area (Å²) in [6.45, 7) is 6.58. The van der Waals surface area contributed by atoms with E-state index in [0.717, 1.165) is 16.7 Å². The van der Waals surface area contributed by atoms with Gasteiger partial charge in [0, 0.05) is 43.2 Å². The molecule has 15 heteroatoms. The van der Waals surface area contributed by atoms with Crippen LogP contribution in [0, 0.1) is 0 Å². The van der Waals surface area contributed by atoms with Crippen LogP contribution in [0.4, 0.5) is 51.2 Å². The van der Waals surface area contributed by atoms with Crippen LogP contribution in [-0.2, 0) is 19.8 Å². The third-order valence-electron chi connectivity index (χ3n) is 11.9. The van der Waals surface area contributed by atoms with Crippen LogP contribution in [0.1, 0.15) is 44.4 Å². The fourth-order valence-electron chi connectivity index (χ4n) is 8.01. The molecule has 0 atom stereocenters. The second-order valence-corrected chi connectivity index (χ2v) is 17.8. The van der Waals surface area contributed by atoms with Crippen LogP contribution in [0.25, 0.3) is 0 Å². The number of carbonyl (C=O) groups excluding carboxylic acids is 3. The van der Waals surface area contributed by atoms with Crippen LogP contribution in [0.3, 0.4) is 0 Å². The Hall–Kier alpha value is -10.4. The number of carbonyl (C=O) groups is 3. The number of rotatable bonds is 18. The van der Waals surface area contributed by atoms with E-state index in [-0.39, 0.29) is 17.7 Å². The Morgan fingerprint density at radius 3 is 0.636 bits per heavy atom. The van der Waals surface area contributed by atoms with E-state index in [1.807, 2.05) is 109 Å². The third kappa shape index (κ3) is 14.2. The fourth-order valence-corrected chi connectivity index (χ4v) is 8.01. The Labute approximate surface area is 445 Å². The first-order chi connectivity index (χ1) is 37.4. The Bertz CT molecular complexity index is 3170. The van der Waals surface area contributed by atoms with Gasteiger partial charge in [0.05, 0.1) is 34.1 Å². The van der Waals surface area contributed by atoms with E-state index < -0.39 is 5.41 Å². The van der Waals surface area contributed by atoms with Crippen LogP contribution in [0.2, 0.25) is 0 Å². The van der Waals surface area contributed by atoms with E-state index in [0.29, 0.717) is 85.7 Å². The van der Waals surface area contributed by atoms with Gasteiger partial charge in [0.1, 0.15) is 34.5 Å². The smallest absolute Gasteiger partial charge is 0.221 e. The van der Waals surface area contributed by atoms with Gasteiger partial charge in [-0.3, -0.25) is 14.4 Å². The van der Waals surface area contributed by atoms with Crippen LogP contribution in [-0.4, -0.2) is 17.7 Å². The molecule has 0 aliphatic carbocycles. The quantitative estimate of drug-likeness (QED) is 0.0566. The molecule has 380 valence electrons. The maximum Gasteiger partial charge on any atom is 0.221 e. The van der Waals surface area contributed by atoms with Crippen molar-refractivity contribution < 1.29 is 28.6 Å². The molecular weight excluding hydrogens is 967 g/mol. The average molecular weight is 1020 g/mol. The van der Waals surface area contributed by atoms with E-state index >= 15 is 0 Å². The lowest BCUT2D eigenvalue weighted by molar-refractivity contribution is -0.115. The predicted molar refractivity (Wildman–Crippen MR) is 299 cm³/mol. The highest BCUT2D eigenvalue weighted by atomic mass is 16.5. The van der Waals surface area contributed by atoms with E-state index in [2.05, 4.69) is 90.0 Å². The number of hydrogen-bond acceptors (Lipinski definition) is 12. The molecule has 9 rings (SSSR count). The lowest BCUT2D eigenvalue weighted by atomic mass is 9.71. The zero-order chi connectivity index (χ0) is 53.6. The summed E-state index contributed by atoms with van der Waals surface area (Å²) in [6.07, 6.45) is 0. The summed E-state index contributed by atoms with van der Waals surface area (Å²) in [5, 5.41) is 34.2. The molecule has 3 N–H and O–H groups in total. The Balaban J connectivity index is 0.896. The highest BCUT2D eigenvalue weighted by Gasteiger charge is 2.31. The molecule has 0 bridgehead atoms. The molecule has 0 unspecified atom stereocenters. The van der Waals surface area contributed by atoms with Crippen molar-refractivity contribution in [3.63, 3.8) is 0 Å². The Kier molecular flexibility index (Phi) is 16.1. The van der Waals surface area contributed by atoms with E-state index in [1.54, 1.807) is 72.8 Å². The van der Waals surface area contributed by atoms with Gasteiger partial charge in [0.15, 0.2) is 0 Å². The average Bonchev–Trinajstić information content (AvgIpc) is 3.46. The standard InChI is InChI=1S/C62H51N9O6/c1-41(72)63-47-11-17-50(18-12-47)66-69-53-23-35-59(36-24-53)75-56-29-5-44(6-30-56)62(4,45-7-31-57(32-8-45)76-60-37-25-54(26-38-60)70-67-51-19-13-48(14-20-51)64-42(2)73)46-9-33-58(34-10-46)77-61-39-27-55(28-40-61)71-68-52-21-15-49(16-22-52)65-43(3)74/h5-40H,1-4H3,(H,63,72)(H,64,73)(H,65,74). The molecule has 0 spiro atoms. The van der Waals surface area contributed by atoms with Gasteiger partial charge in [-0.25, -0.2) is 0 Å². The molecule has 0 saturated carbocycles. The molecule has 0 fully saturated rings. The maximum atomic E-state index is 11.4. The van der Waals surface area contributed by atoms with Gasteiger partial charge in [0.25, 0.3) is 0 Å². The second-order valence-electron chi connectivity index (χ2n) is 17.8. The van der Waals surface area contributed by atoms with Crippen molar-refractivity contribution in [3.05, 3.63) is 235 Å². The summed E-state index contributed by atoms with van der Waals surface area (Å²) >= 11 is 0. The molecule has 0 saturated heterocycles. The minimum atomic E-state index is -0.639. The van der Waals surface area contributed by atoms with Gasteiger partial charge in [-0.15, -0.1) is 0 Å². The largest absolute Gasteiger partial charge is 0.457 e. The number of nitrogens with one attached hydrogen (secondary N) is 3. The molecule has 0 aliphatic rings. The number of nitrogens with zero attached hydrogens (tertiary/aromatic N) is 6. The lowest BCUT2D eigenvalue weighted by Gasteiger charge is -2.32. The molecule has 9 aromatic rings. The topological polar surface area (TPSA) is 189 Å². The zero-order valence-electron chi connectivity index (χ0n) is 42.4. The summed E-state index contributed by atoms with van der Waals surface area (Å²) in [6, 6.07) is 67.6. The summed E-state index contributed by atoms with van der Waals surface area (Å²) < 4.78 is 18.9. The lowest BCUT2D eigenvalue weighted by Crippen LogP contribution is -2.25. The zero-order valence-corrected chi connectivity index (χ0v) is 42.4. The van der Waals surface area contributed by atoms with E-state index in [1.165, 1.54) is 20.8 Å². The minimum absolute atomic E-state index is 0.140. The van der Waals surface area contributed by atoms with Gasteiger partial charge in [0.2, 0.25) is 17.7 Å². The number of anilines is 3. The first-order valence-electron chi connectivity index (χ1n) is 24.4. The monoisotopic (exact) mass is 1020 g/mol. The number of ether oxygens (including phenoxy) is 3. The normalized spacial score (nSPS) is 12.0. The van der Waals surface area contributed by atoms with Gasteiger partial charge in [-0.2, -0.15) is 30.7 Å². The van der Waals surface area contributed by atoms with Gasteiger partial charge in [-0.05, 0) is 206 Å². The molecule has 0 heterocycles. The Morgan fingerprint density at radius 1 is 0.286 bits per heavy atom. The SMILES string of the molecule is CC(=O)Nc1ccc(N=Nc2ccc(Oc3ccc(C(C)(c4ccc(Oc5ccc(N=Nc6ccc(NC(C)=O)cc6)cc5)cc4)c4ccc(Oc5ccc(N=Nc6ccc(NC(C)=O)cc6)cc5)cc4)cc3)cc2)cc1. The first kappa shape index (κ1) is 51.5. The van der Waals surface area contributed by atoms with Crippen molar-refractivity contribution in [2.24, 2.45) is 30.7 Å². The molecule has 9 aromatic carbocycles. The van der Waals surface area contributed by atoms with Crippen molar-refractivity contribution in [2.45, 2.75) is 33.1 Å². The number of azo groups is 3.